The molecule has 1 atom stereocenters. The van der Waals surface area contributed by atoms with Crippen LogP contribution in [0.2, 0.25) is 5.02 Å². The van der Waals surface area contributed by atoms with Crippen molar-refractivity contribution in [2.75, 3.05) is 11.9 Å². The second-order valence-electron chi connectivity index (χ2n) is 5.10. The minimum absolute atomic E-state index is 0.0918. The third-order valence-electron chi connectivity index (χ3n) is 3.29. The number of alkyl halides is 3. The molecular formula is C16H14ClF3N4O3. The van der Waals surface area contributed by atoms with Gasteiger partial charge < -0.3 is 15.4 Å². The van der Waals surface area contributed by atoms with Gasteiger partial charge in [-0.05, 0) is 25.1 Å². The Kier molecular flexibility index (Phi) is 6.21. The van der Waals surface area contributed by atoms with Crippen LogP contribution >= 0.6 is 11.6 Å². The molecule has 27 heavy (non-hydrogen) atoms. The maximum Gasteiger partial charge on any atom is 0.442 e. The van der Waals surface area contributed by atoms with Crippen LogP contribution in [0.1, 0.15) is 17.3 Å². The predicted molar refractivity (Wildman–Crippen MR) is 90.0 cm³/mol. The molecule has 0 unspecified atom stereocenters. The summed E-state index contributed by atoms with van der Waals surface area (Å²) >= 11 is 5.86. The van der Waals surface area contributed by atoms with Gasteiger partial charge in [0.15, 0.2) is 0 Å². The summed E-state index contributed by atoms with van der Waals surface area (Å²) in [6.45, 7) is 0.976. The molecule has 0 aliphatic heterocycles. The summed E-state index contributed by atoms with van der Waals surface area (Å²) in [6, 6.07) is 6.81. The van der Waals surface area contributed by atoms with Crippen molar-refractivity contribution in [2.45, 2.75) is 18.8 Å². The number of esters is 1. The number of hydrogen-bond donors (Lipinski definition) is 2. The van der Waals surface area contributed by atoms with E-state index < -0.39 is 29.7 Å². The van der Waals surface area contributed by atoms with Crippen LogP contribution in [0.5, 0.6) is 0 Å². The molecule has 1 amide bonds. The maximum absolute atomic E-state index is 13.9. The van der Waals surface area contributed by atoms with Gasteiger partial charge in [0.25, 0.3) is 5.91 Å². The van der Waals surface area contributed by atoms with Gasteiger partial charge >= 0.3 is 17.8 Å². The van der Waals surface area contributed by atoms with Crippen LogP contribution in [0.3, 0.4) is 0 Å². The Hall–Kier alpha value is -2.88. The van der Waals surface area contributed by atoms with Gasteiger partial charge in [-0.3, -0.25) is 4.79 Å². The van der Waals surface area contributed by atoms with Gasteiger partial charge in [-0.2, -0.15) is 13.2 Å². The molecule has 1 heterocycles. The number of anilines is 1. The number of halogens is 4. The van der Waals surface area contributed by atoms with E-state index in [1.165, 1.54) is 37.3 Å². The predicted octanol–water partition coefficient (Wildman–Crippen LogP) is 2.79. The topological polar surface area (TPSA) is 93.2 Å². The van der Waals surface area contributed by atoms with E-state index in [0.717, 1.165) is 12.4 Å². The Balaban J connectivity index is 2.51. The first kappa shape index (κ1) is 20.4. The first-order chi connectivity index (χ1) is 12.7. The van der Waals surface area contributed by atoms with Crippen molar-refractivity contribution in [3.8, 4) is 0 Å². The molecule has 11 heteroatoms. The molecule has 2 rings (SSSR count). The number of nitrogens with zero attached hydrogens (tertiary/aromatic N) is 2. The second-order valence-corrected chi connectivity index (χ2v) is 5.51. The minimum atomic E-state index is -5.30. The van der Waals surface area contributed by atoms with E-state index in [1.807, 2.05) is 5.32 Å². The lowest BCUT2D eigenvalue weighted by Crippen LogP contribution is -2.69. The van der Waals surface area contributed by atoms with Crippen molar-refractivity contribution in [3.05, 3.63) is 53.3 Å². The van der Waals surface area contributed by atoms with Crippen molar-refractivity contribution < 1.29 is 27.5 Å². The van der Waals surface area contributed by atoms with Gasteiger partial charge in [0.2, 0.25) is 5.95 Å². The third kappa shape index (κ3) is 4.45. The molecule has 2 N–H and O–H groups in total. The van der Waals surface area contributed by atoms with Gasteiger partial charge in [0.05, 0.1) is 17.2 Å². The molecule has 1 aromatic carbocycles. The molecule has 0 fully saturated rings. The quantitative estimate of drug-likeness (QED) is 0.570. The zero-order valence-electron chi connectivity index (χ0n) is 13.9. The fraction of sp³-hybridized carbons (Fsp3) is 0.250. The minimum Gasteiger partial charge on any atom is -0.463 e. The summed E-state index contributed by atoms with van der Waals surface area (Å²) in [5, 5.41) is 3.40. The van der Waals surface area contributed by atoms with Crippen LogP contribution in [0.25, 0.3) is 0 Å². The lowest BCUT2D eigenvalue weighted by molar-refractivity contribution is -0.204. The van der Waals surface area contributed by atoms with Crippen molar-refractivity contribution >= 4 is 29.4 Å². The van der Waals surface area contributed by atoms with E-state index in [1.54, 1.807) is 5.32 Å². The highest BCUT2D eigenvalue weighted by atomic mass is 35.5. The zero-order chi connectivity index (χ0) is 20.1. The normalized spacial score (nSPS) is 13.4. The smallest absolute Gasteiger partial charge is 0.442 e. The first-order valence-electron chi connectivity index (χ1n) is 7.57. The molecule has 0 spiro atoms. The van der Waals surface area contributed by atoms with Crippen LogP contribution in [-0.4, -0.2) is 40.3 Å². The molecule has 7 nitrogen and oxygen atoms in total. The van der Waals surface area contributed by atoms with Crippen molar-refractivity contribution in [1.82, 2.24) is 15.3 Å². The van der Waals surface area contributed by atoms with E-state index in [0.29, 0.717) is 0 Å². The van der Waals surface area contributed by atoms with Crippen LogP contribution in [0.4, 0.5) is 19.1 Å². The fourth-order valence-electron chi connectivity index (χ4n) is 2.04. The van der Waals surface area contributed by atoms with E-state index in [-0.39, 0.29) is 17.2 Å². The molecule has 0 aliphatic carbocycles. The Labute approximate surface area is 156 Å². The largest absolute Gasteiger partial charge is 0.463 e. The zero-order valence-corrected chi connectivity index (χ0v) is 14.6. The highest BCUT2D eigenvalue weighted by molar-refractivity contribution is 6.33. The number of carbonyl (C=O) groups excluding carboxylic acids is 2. The summed E-state index contributed by atoms with van der Waals surface area (Å²) in [5.41, 5.74) is -3.88. The van der Waals surface area contributed by atoms with Crippen molar-refractivity contribution in [3.63, 3.8) is 0 Å². The number of nitrogens with one attached hydrogen (secondary N) is 2. The van der Waals surface area contributed by atoms with Gasteiger partial charge in [-0.15, -0.1) is 0 Å². The van der Waals surface area contributed by atoms with Crippen LogP contribution in [-0.2, 0) is 9.53 Å². The van der Waals surface area contributed by atoms with Gasteiger partial charge in [-0.25, -0.2) is 14.8 Å². The number of amides is 1. The fourth-order valence-corrected chi connectivity index (χ4v) is 2.27. The van der Waals surface area contributed by atoms with Crippen molar-refractivity contribution in [2.24, 2.45) is 0 Å². The Morgan fingerprint density at radius 2 is 1.78 bits per heavy atom. The monoisotopic (exact) mass is 402 g/mol. The SMILES string of the molecule is CCOC(=O)[C@](NC(=O)c1ccccc1Cl)(Nc1ncccn1)C(F)(F)F. The Morgan fingerprint density at radius 1 is 1.15 bits per heavy atom. The second kappa shape index (κ2) is 8.21. The molecule has 0 saturated carbocycles. The third-order valence-corrected chi connectivity index (χ3v) is 3.62. The number of aromatic nitrogens is 2. The lowest BCUT2D eigenvalue weighted by atomic mass is 10.1. The number of carbonyl (C=O) groups is 2. The highest BCUT2D eigenvalue weighted by Gasteiger charge is 2.64. The molecule has 0 aliphatic rings. The van der Waals surface area contributed by atoms with E-state index >= 15 is 0 Å². The highest BCUT2D eigenvalue weighted by Crippen LogP contribution is 2.33. The van der Waals surface area contributed by atoms with Crippen LogP contribution in [0.15, 0.2) is 42.7 Å². The average molecular weight is 403 g/mol. The van der Waals surface area contributed by atoms with Gasteiger partial charge in [0, 0.05) is 12.4 Å². The lowest BCUT2D eigenvalue weighted by Gasteiger charge is -2.34. The van der Waals surface area contributed by atoms with Crippen LogP contribution in [0, 0.1) is 0 Å². The van der Waals surface area contributed by atoms with Crippen LogP contribution < -0.4 is 10.6 Å². The van der Waals surface area contributed by atoms with E-state index in [4.69, 9.17) is 11.6 Å². The molecule has 2 aromatic rings. The Morgan fingerprint density at radius 3 is 2.33 bits per heavy atom. The molecule has 1 aromatic heterocycles. The van der Waals surface area contributed by atoms with Gasteiger partial charge in [0.1, 0.15) is 0 Å². The molecule has 0 saturated heterocycles. The van der Waals surface area contributed by atoms with E-state index in [2.05, 4.69) is 14.7 Å². The molecule has 0 bridgehead atoms. The van der Waals surface area contributed by atoms with Crippen molar-refractivity contribution in [1.29, 1.82) is 0 Å². The number of benzene rings is 1. The summed E-state index contributed by atoms with van der Waals surface area (Å²) in [4.78, 5) is 31.9. The summed E-state index contributed by atoms with van der Waals surface area (Å²) in [6.07, 6.45) is -2.97. The summed E-state index contributed by atoms with van der Waals surface area (Å²) < 4.78 is 46.4. The maximum atomic E-state index is 13.9. The Bertz CT molecular complexity index is 820. The summed E-state index contributed by atoms with van der Waals surface area (Å²) in [7, 11) is 0. The average Bonchev–Trinajstić information content (AvgIpc) is 2.61. The summed E-state index contributed by atoms with van der Waals surface area (Å²) in [5.74, 6) is -3.55. The number of hydrogen-bond acceptors (Lipinski definition) is 6. The van der Waals surface area contributed by atoms with Gasteiger partial charge in [-0.1, -0.05) is 23.7 Å². The molecular weight excluding hydrogens is 389 g/mol. The molecule has 0 radical (unpaired) electrons. The number of rotatable bonds is 6. The molecule has 144 valence electrons. The first-order valence-corrected chi connectivity index (χ1v) is 7.95. The standard InChI is InChI=1S/C16H14ClF3N4O3/c1-2-27-13(26)15(16(18,19)20,24-14-21-8-5-9-22-14)23-12(25)10-6-3-4-7-11(10)17/h3-9H,2H2,1H3,(H,23,25)(H,21,22,24)/t15-/m0/s1. The van der Waals surface area contributed by atoms with E-state index in [9.17, 15) is 22.8 Å². The number of ether oxygens (including phenoxy) is 1.